The zero-order valence-corrected chi connectivity index (χ0v) is 14.8. The maximum atomic E-state index is 12.7. The molecule has 24 heavy (non-hydrogen) atoms. The maximum absolute atomic E-state index is 12.7. The molecule has 0 bridgehead atoms. The molecule has 0 saturated carbocycles. The smallest absolute Gasteiger partial charge is 0.254 e. The molecule has 0 aliphatic carbocycles. The van der Waals surface area contributed by atoms with E-state index in [1.54, 1.807) is 33.5 Å². The fourth-order valence-corrected chi connectivity index (χ4v) is 4.83. The lowest BCUT2D eigenvalue weighted by molar-refractivity contribution is 0.0303. The number of carbonyl (C=O) groups excluding carboxylic acids is 1. The van der Waals surface area contributed by atoms with Crippen molar-refractivity contribution >= 4 is 15.9 Å². The van der Waals surface area contributed by atoms with E-state index in [0.717, 1.165) is 12.8 Å². The highest BCUT2D eigenvalue weighted by molar-refractivity contribution is 7.89. The predicted molar refractivity (Wildman–Crippen MR) is 90.3 cm³/mol. The van der Waals surface area contributed by atoms with Crippen LogP contribution in [0.25, 0.3) is 0 Å². The van der Waals surface area contributed by atoms with Crippen molar-refractivity contribution in [2.75, 3.05) is 39.4 Å². The molecule has 2 aliphatic rings. The third-order valence-electron chi connectivity index (χ3n) is 4.66. The predicted octanol–water partition coefficient (Wildman–Crippen LogP) is 1.58. The van der Waals surface area contributed by atoms with Gasteiger partial charge in [-0.2, -0.15) is 4.31 Å². The van der Waals surface area contributed by atoms with Gasteiger partial charge in [0.1, 0.15) is 0 Å². The van der Waals surface area contributed by atoms with Gasteiger partial charge >= 0.3 is 0 Å². The Morgan fingerprint density at radius 1 is 1.12 bits per heavy atom. The van der Waals surface area contributed by atoms with E-state index in [2.05, 4.69) is 6.92 Å². The molecular formula is C17H24N2O4S. The molecule has 2 aliphatic heterocycles. The number of carbonyl (C=O) groups is 1. The maximum Gasteiger partial charge on any atom is 0.254 e. The van der Waals surface area contributed by atoms with E-state index >= 15 is 0 Å². The third-order valence-corrected chi connectivity index (χ3v) is 6.54. The van der Waals surface area contributed by atoms with Crippen LogP contribution in [-0.4, -0.2) is 62.9 Å². The minimum Gasteiger partial charge on any atom is -0.378 e. The summed E-state index contributed by atoms with van der Waals surface area (Å²) in [4.78, 5) is 14.4. The number of morpholine rings is 1. The van der Waals surface area contributed by atoms with Gasteiger partial charge in [0.2, 0.25) is 10.0 Å². The van der Waals surface area contributed by atoms with E-state index in [1.165, 1.54) is 0 Å². The number of piperidine rings is 1. The van der Waals surface area contributed by atoms with Gasteiger partial charge in [0.05, 0.1) is 18.1 Å². The number of rotatable bonds is 3. The zero-order valence-electron chi connectivity index (χ0n) is 14.0. The van der Waals surface area contributed by atoms with Crippen LogP contribution in [-0.2, 0) is 14.8 Å². The molecule has 0 N–H and O–H groups in total. The standard InChI is InChI=1S/C17H24N2O4S/c1-14-3-2-8-19(13-14)24(21,22)16-6-4-15(5-7-16)17(20)18-9-11-23-12-10-18/h4-7,14H,2-3,8-13H2,1H3/t14-/m1/s1. The zero-order chi connectivity index (χ0) is 17.2. The number of benzene rings is 1. The highest BCUT2D eigenvalue weighted by Crippen LogP contribution is 2.23. The monoisotopic (exact) mass is 352 g/mol. The second-order valence-electron chi connectivity index (χ2n) is 6.54. The van der Waals surface area contributed by atoms with Gasteiger partial charge in [-0.05, 0) is 43.0 Å². The highest BCUT2D eigenvalue weighted by atomic mass is 32.2. The van der Waals surface area contributed by atoms with Crippen molar-refractivity contribution < 1.29 is 17.9 Å². The fourth-order valence-electron chi connectivity index (χ4n) is 3.23. The van der Waals surface area contributed by atoms with Gasteiger partial charge in [-0.3, -0.25) is 4.79 Å². The highest BCUT2D eigenvalue weighted by Gasteiger charge is 2.29. The molecule has 0 spiro atoms. The number of nitrogens with zero attached hydrogens (tertiary/aromatic N) is 2. The molecule has 1 aromatic carbocycles. The number of amides is 1. The molecule has 0 aromatic heterocycles. The molecule has 2 heterocycles. The van der Waals surface area contributed by atoms with Gasteiger partial charge < -0.3 is 9.64 Å². The summed E-state index contributed by atoms with van der Waals surface area (Å²) >= 11 is 0. The molecule has 7 heteroatoms. The molecular weight excluding hydrogens is 328 g/mol. The van der Waals surface area contributed by atoms with Crippen LogP contribution in [0.3, 0.4) is 0 Å². The van der Waals surface area contributed by atoms with Crippen LogP contribution in [0.15, 0.2) is 29.2 Å². The molecule has 3 rings (SSSR count). The van der Waals surface area contributed by atoms with Crippen LogP contribution in [0.2, 0.25) is 0 Å². The molecule has 6 nitrogen and oxygen atoms in total. The topological polar surface area (TPSA) is 66.9 Å². The second-order valence-corrected chi connectivity index (χ2v) is 8.48. The summed E-state index contributed by atoms with van der Waals surface area (Å²) in [7, 11) is -3.47. The first kappa shape index (κ1) is 17.4. The van der Waals surface area contributed by atoms with Gasteiger partial charge in [-0.15, -0.1) is 0 Å². The van der Waals surface area contributed by atoms with Crippen molar-refractivity contribution in [2.24, 2.45) is 5.92 Å². The summed E-state index contributed by atoms with van der Waals surface area (Å²) in [6, 6.07) is 6.31. The quantitative estimate of drug-likeness (QED) is 0.828. The van der Waals surface area contributed by atoms with Gasteiger partial charge in [0.15, 0.2) is 0 Å². The number of ether oxygens (including phenoxy) is 1. The average molecular weight is 352 g/mol. The summed E-state index contributed by atoms with van der Waals surface area (Å²) in [6.07, 6.45) is 1.97. The Morgan fingerprint density at radius 3 is 2.42 bits per heavy atom. The lowest BCUT2D eigenvalue weighted by Gasteiger charge is -2.30. The Balaban J connectivity index is 1.74. The Kier molecular flexibility index (Phi) is 5.22. The van der Waals surface area contributed by atoms with Crippen LogP contribution in [0.1, 0.15) is 30.1 Å². The lowest BCUT2D eigenvalue weighted by atomic mass is 10.0. The van der Waals surface area contributed by atoms with E-state index in [0.29, 0.717) is 50.9 Å². The minimum atomic E-state index is -3.47. The summed E-state index contributed by atoms with van der Waals surface area (Å²) in [5, 5.41) is 0. The Hall–Kier alpha value is -1.44. The normalized spacial score (nSPS) is 23.2. The van der Waals surface area contributed by atoms with Gasteiger partial charge in [0, 0.05) is 31.7 Å². The van der Waals surface area contributed by atoms with Gasteiger partial charge in [-0.25, -0.2) is 8.42 Å². The van der Waals surface area contributed by atoms with Crippen molar-refractivity contribution in [2.45, 2.75) is 24.7 Å². The molecule has 0 radical (unpaired) electrons. The van der Waals surface area contributed by atoms with E-state index < -0.39 is 10.0 Å². The lowest BCUT2D eigenvalue weighted by Crippen LogP contribution is -2.40. The molecule has 2 saturated heterocycles. The van der Waals surface area contributed by atoms with E-state index in [-0.39, 0.29) is 10.8 Å². The Labute approximate surface area is 143 Å². The summed E-state index contributed by atoms with van der Waals surface area (Å²) in [5.41, 5.74) is 0.517. The van der Waals surface area contributed by atoms with Crippen LogP contribution in [0.5, 0.6) is 0 Å². The number of hydrogen-bond donors (Lipinski definition) is 0. The summed E-state index contributed by atoms with van der Waals surface area (Å²) in [5.74, 6) is 0.310. The fraction of sp³-hybridized carbons (Fsp3) is 0.588. The van der Waals surface area contributed by atoms with Crippen LogP contribution >= 0.6 is 0 Å². The van der Waals surface area contributed by atoms with Crippen LogP contribution in [0, 0.1) is 5.92 Å². The first-order chi connectivity index (χ1) is 11.5. The van der Waals surface area contributed by atoms with E-state index in [4.69, 9.17) is 4.74 Å². The van der Waals surface area contributed by atoms with Crippen LogP contribution in [0.4, 0.5) is 0 Å². The van der Waals surface area contributed by atoms with Crippen LogP contribution < -0.4 is 0 Å². The number of sulfonamides is 1. The second kappa shape index (κ2) is 7.21. The molecule has 2 fully saturated rings. The molecule has 132 valence electrons. The van der Waals surface area contributed by atoms with Gasteiger partial charge in [-0.1, -0.05) is 6.92 Å². The van der Waals surface area contributed by atoms with E-state index in [9.17, 15) is 13.2 Å². The van der Waals surface area contributed by atoms with Crippen molar-refractivity contribution in [1.82, 2.24) is 9.21 Å². The largest absolute Gasteiger partial charge is 0.378 e. The molecule has 1 amide bonds. The van der Waals surface area contributed by atoms with E-state index in [1.807, 2.05) is 0 Å². The number of hydrogen-bond acceptors (Lipinski definition) is 4. The van der Waals surface area contributed by atoms with Crippen molar-refractivity contribution in [3.63, 3.8) is 0 Å². The van der Waals surface area contributed by atoms with Gasteiger partial charge in [0.25, 0.3) is 5.91 Å². The average Bonchev–Trinajstić information content (AvgIpc) is 2.62. The molecule has 0 unspecified atom stereocenters. The molecule has 1 atom stereocenters. The first-order valence-corrected chi connectivity index (χ1v) is 9.90. The molecule has 1 aromatic rings. The van der Waals surface area contributed by atoms with Crippen molar-refractivity contribution in [3.05, 3.63) is 29.8 Å². The minimum absolute atomic E-state index is 0.0751. The summed E-state index contributed by atoms with van der Waals surface area (Å²) in [6.45, 7) is 5.45. The summed E-state index contributed by atoms with van der Waals surface area (Å²) < 4.78 is 32.3. The SMILES string of the molecule is C[C@@H]1CCCN(S(=O)(=O)c2ccc(C(=O)N3CCOCC3)cc2)C1. The Morgan fingerprint density at radius 2 is 1.79 bits per heavy atom. The van der Waals surface area contributed by atoms with Crippen molar-refractivity contribution in [1.29, 1.82) is 0 Å². The van der Waals surface area contributed by atoms with Crippen molar-refractivity contribution in [3.8, 4) is 0 Å². The first-order valence-electron chi connectivity index (χ1n) is 8.46. The third kappa shape index (κ3) is 3.63. The Bertz CT molecular complexity index is 681.